The van der Waals surface area contributed by atoms with Crippen LogP contribution in [0.1, 0.15) is 12.0 Å². The molecule has 1 aromatic heterocycles. The summed E-state index contributed by atoms with van der Waals surface area (Å²) in [6.07, 6.45) is 0.377. The Balaban J connectivity index is 1.79. The van der Waals surface area contributed by atoms with Gasteiger partial charge in [0.2, 0.25) is 0 Å². The molecule has 0 spiro atoms. The number of aromatic nitrogens is 4. The summed E-state index contributed by atoms with van der Waals surface area (Å²) in [7, 11) is -1.04. The Morgan fingerprint density at radius 2 is 1.92 bits per heavy atom. The van der Waals surface area contributed by atoms with Crippen LogP contribution in [0.3, 0.4) is 0 Å². The third-order valence-electron chi connectivity index (χ3n) is 3.61. The lowest BCUT2D eigenvalue weighted by molar-refractivity contribution is -0.0573. The maximum atomic E-state index is 8.68. The highest BCUT2D eigenvalue weighted by Gasteiger charge is 2.12. The van der Waals surface area contributed by atoms with Crippen LogP contribution in [0, 0.1) is 11.3 Å². The molecule has 0 amide bonds. The molecule has 2 aromatic rings. The third-order valence-corrected chi connectivity index (χ3v) is 5.32. The van der Waals surface area contributed by atoms with Gasteiger partial charge in [-0.1, -0.05) is 43.9 Å². The van der Waals surface area contributed by atoms with Crippen LogP contribution in [0.5, 0.6) is 0 Å². The van der Waals surface area contributed by atoms with E-state index in [0.717, 1.165) is 23.8 Å². The first kappa shape index (κ1) is 19.2. The van der Waals surface area contributed by atoms with Gasteiger partial charge in [-0.3, -0.25) is 0 Å². The van der Waals surface area contributed by atoms with Crippen LogP contribution in [0.4, 0.5) is 0 Å². The molecule has 0 atom stereocenters. The van der Waals surface area contributed by atoms with Crippen molar-refractivity contribution in [1.82, 2.24) is 20.2 Å². The molecule has 0 radical (unpaired) electrons. The van der Waals surface area contributed by atoms with Gasteiger partial charge in [0.15, 0.2) is 5.82 Å². The fraction of sp³-hybridized carbons (Fsp3) is 0.529. The van der Waals surface area contributed by atoms with Crippen molar-refractivity contribution in [2.75, 3.05) is 13.4 Å². The second kappa shape index (κ2) is 9.41. The Morgan fingerprint density at radius 1 is 1.16 bits per heavy atom. The van der Waals surface area contributed by atoms with E-state index < -0.39 is 8.07 Å². The van der Waals surface area contributed by atoms with Crippen molar-refractivity contribution in [2.45, 2.75) is 45.3 Å². The second-order valence-electron chi connectivity index (χ2n) is 7.02. The molecule has 134 valence electrons. The van der Waals surface area contributed by atoms with E-state index in [1.165, 1.54) is 0 Å². The summed E-state index contributed by atoms with van der Waals surface area (Å²) < 4.78 is 12.7. The van der Waals surface area contributed by atoms with Crippen LogP contribution in [-0.4, -0.2) is 41.7 Å². The average Bonchev–Trinajstić information content (AvgIpc) is 3.04. The number of nitrogens with zero attached hydrogens (tertiary/aromatic N) is 5. The molecule has 8 heteroatoms. The number of rotatable bonds is 10. The van der Waals surface area contributed by atoms with Gasteiger partial charge in [0.25, 0.3) is 0 Å². The smallest absolute Gasteiger partial charge is 0.182 e. The van der Waals surface area contributed by atoms with Gasteiger partial charge in [-0.15, -0.1) is 5.10 Å². The molecule has 0 saturated heterocycles. The van der Waals surface area contributed by atoms with Gasteiger partial charge in [0.05, 0.1) is 25.6 Å². The molecule has 0 saturated carbocycles. The van der Waals surface area contributed by atoms with Gasteiger partial charge in [0.1, 0.15) is 6.79 Å². The zero-order valence-corrected chi connectivity index (χ0v) is 16.1. The van der Waals surface area contributed by atoms with Gasteiger partial charge < -0.3 is 9.47 Å². The van der Waals surface area contributed by atoms with Crippen LogP contribution in [0.15, 0.2) is 24.3 Å². The fourth-order valence-electron chi connectivity index (χ4n) is 2.12. The quantitative estimate of drug-likeness (QED) is 0.368. The number of ether oxygens (including phenoxy) is 2. The molecule has 7 nitrogen and oxygen atoms in total. The summed E-state index contributed by atoms with van der Waals surface area (Å²) in [5.74, 6) is 0.664. The molecule has 0 unspecified atom stereocenters. The maximum absolute atomic E-state index is 8.68. The predicted octanol–water partition coefficient (Wildman–Crippen LogP) is 3.08. The number of hydrogen-bond donors (Lipinski definition) is 0. The van der Waals surface area contributed by atoms with Crippen molar-refractivity contribution in [3.8, 4) is 17.5 Å². The summed E-state index contributed by atoms with van der Waals surface area (Å²) in [4.78, 5) is 0. The Hall–Kier alpha value is -2.08. The Morgan fingerprint density at radius 3 is 2.60 bits per heavy atom. The van der Waals surface area contributed by atoms with Crippen LogP contribution in [-0.2, 0) is 22.6 Å². The van der Waals surface area contributed by atoms with E-state index in [1.54, 1.807) is 4.68 Å². The first-order valence-corrected chi connectivity index (χ1v) is 12.1. The lowest BCUT2D eigenvalue weighted by atomic mass is 10.1. The van der Waals surface area contributed by atoms with Crippen molar-refractivity contribution in [2.24, 2.45) is 0 Å². The van der Waals surface area contributed by atoms with E-state index >= 15 is 0 Å². The molecule has 0 aliphatic heterocycles. The fourth-order valence-corrected chi connectivity index (χ4v) is 2.88. The minimum absolute atomic E-state index is 0.318. The second-order valence-corrected chi connectivity index (χ2v) is 12.6. The lowest BCUT2D eigenvalue weighted by Gasteiger charge is -2.15. The Labute approximate surface area is 149 Å². The molecule has 2 rings (SSSR count). The number of tetrazole rings is 1. The molecular formula is C17H25N5O2Si. The first-order valence-electron chi connectivity index (χ1n) is 8.37. The zero-order valence-electron chi connectivity index (χ0n) is 15.1. The minimum Gasteiger partial charge on any atom is -0.356 e. The molecule has 0 aliphatic carbocycles. The van der Waals surface area contributed by atoms with E-state index in [-0.39, 0.29) is 0 Å². The predicted molar refractivity (Wildman–Crippen MR) is 97.2 cm³/mol. The minimum atomic E-state index is -1.04. The van der Waals surface area contributed by atoms with Crippen LogP contribution < -0.4 is 0 Å². The van der Waals surface area contributed by atoms with Crippen molar-refractivity contribution in [1.29, 1.82) is 5.26 Å². The molecule has 1 aromatic carbocycles. The maximum Gasteiger partial charge on any atom is 0.182 e. The van der Waals surface area contributed by atoms with E-state index in [2.05, 4.69) is 41.2 Å². The largest absolute Gasteiger partial charge is 0.356 e. The zero-order chi connectivity index (χ0) is 18.1. The van der Waals surface area contributed by atoms with Gasteiger partial charge in [0, 0.05) is 20.2 Å². The highest BCUT2D eigenvalue weighted by Crippen LogP contribution is 2.17. The van der Waals surface area contributed by atoms with Crippen LogP contribution in [0.25, 0.3) is 11.4 Å². The molecular weight excluding hydrogens is 334 g/mol. The standard InChI is InChI=1S/C17H25N5O2Si/c1-25(2,3)12-11-23-14-24-13-15-5-7-16(8-6-15)17-19-20-21-22(17)10-4-9-18/h5-8H,4,10-14H2,1-3H3. The van der Waals surface area contributed by atoms with Gasteiger partial charge in [-0.25, -0.2) is 4.68 Å². The number of benzene rings is 1. The number of nitriles is 1. The van der Waals surface area contributed by atoms with Gasteiger partial charge >= 0.3 is 0 Å². The summed E-state index contributed by atoms with van der Waals surface area (Å²) in [5.41, 5.74) is 1.98. The van der Waals surface area contributed by atoms with E-state index in [4.69, 9.17) is 14.7 Å². The van der Waals surface area contributed by atoms with Crippen molar-refractivity contribution < 1.29 is 9.47 Å². The van der Waals surface area contributed by atoms with Crippen molar-refractivity contribution >= 4 is 8.07 Å². The number of aryl methyl sites for hydroxylation is 1. The third kappa shape index (κ3) is 6.74. The van der Waals surface area contributed by atoms with Crippen LogP contribution >= 0.6 is 0 Å². The summed E-state index contributed by atoms with van der Waals surface area (Å²) >= 11 is 0. The highest BCUT2D eigenvalue weighted by molar-refractivity contribution is 6.76. The van der Waals surface area contributed by atoms with Crippen LogP contribution in [0.2, 0.25) is 25.7 Å². The topological polar surface area (TPSA) is 85.8 Å². The van der Waals surface area contributed by atoms with Gasteiger partial charge in [-0.2, -0.15) is 5.26 Å². The molecule has 0 fully saturated rings. The molecule has 0 aliphatic rings. The monoisotopic (exact) mass is 359 g/mol. The van der Waals surface area contributed by atoms with E-state index in [0.29, 0.717) is 32.2 Å². The summed E-state index contributed by atoms with van der Waals surface area (Å²) in [6.45, 7) is 9.06. The Kier molecular flexibility index (Phi) is 7.25. The summed E-state index contributed by atoms with van der Waals surface area (Å²) in [6, 6.07) is 11.1. The SMILES string of the molecule is C[Si](C)(C)CCOCOCc1ccc(-c2nnnn2CCC#N)cc1. The van der Waals surface area contributed by atoms with Crippen molar-refractivity contribution in [3.05, 3.63) is 29.8 Å². The molecule has 0 bridgehead atoms. The molecule has 1 heterocycles. The molecule has 25 heavy (non-hydrogen) atoms. The normalized spacial score (nSPS) is 11.4. The molecule has 0 N–H and O–H groups in total. The lowest BCUT2D eigenvalue weighted by Crippen LogP contribution is -2.21. The van der Waals surface area contributed by atoms with Crippen molar-refractivity contribution in [3.63, 3.8) is 0 Å². The van der Waals surface area contributed by atoms with Gasteiger partial charge in [-0.05, 0) is 22.0 Å². The van der Waals surface area contributed by atoms with E-state index in [1.807, 2.05) is 24.3 Å². The Bertz CT molecular complexity index is 688. The highest BCUT2D eigenvalue weighted by atomic mass is 28.3. The van der Waals surface area contributed by atoms with E-state index in [9.17, 15) is 0 Å². The summed E-state index contributed by atoms with van der Waals surface area (Å²) in [5, 5.41) is 20.3. The average molecular weight is 360 g/mol. The number of hydrogen-bond acceptors (Lipinski definition) is 6. The first-order chi connectivity index (χ1) is 12.0.